The summed E-state index contributed by atoms with van der Waals surface area (Å²) in [6.45, 7) is 0. The minimum absolute atomic E-state index is 0.162. The molecule has 4 nitrogen and oxygen atoms in total. The van der Waals surface area contributed by atoms with Crippen LogP contribution < -0.4 is 5.49 Å². The van der Waals surface area contributed by atoms with Gasteiger partial charge in [0.2, 0.25) is 0 Å². The normalized spacial score (nSPS) is 12.0. The minimum atomic E-state index is -0.565. The Labute approximate surface area is 165 Å². The molecule has 0 bridgehead atoms. The molecule has 0 N–H and O–H groups in total. The fraction of sp³-hybridized carbons (Fsp3) is 0. The number of hydrogen-bond donors (Lipinski definition) is 0. The molecule has 2 aromatic carbocycles. The fourth-order valence-corrected chi connectivity index (χ4v) is 2.42. The van der Waals surface area contributed by atoms with Crippen LogP contribution in [0.5, 0.6) is 0 Å². The van der Waals surface area contributed by atoms with Crippen molar-refractivity contribution in [2.75, 3.05) is 0 Å². The van der Waals surface area contributed by atoms with Crippen LogP contribution in [0.25, 0.3) is 12.2 Å². The number of aromatic nitrogens is 1. The van der Waals surface area contributed by atoms with E-state index in [-0.39, 0.29) is 17.1 Å². The van der Waals surface area contributed by atoms with Gasteiger partial charge in [-0.2, -0.15) is 4.99 Å². The number of benzene rings is 2. The summed E-state index contributed by atoms with van der Waals surface area (Å²) in [5.74, 6) is -1.71. The van der Waals surface area contributed by atoms with Gasteiger partial charge in [0.05, 0.1) is 0 Å². The quantitative estimate of drug-likeness (QED) is 0.625. The largest absolute Gasteiger partial charge is 0.271 e. The summed E-state index contributed by atoms with van der Waals surface area (Å²) < 4.78 is 27.1. The standard InChI is InChI=1S/C23H16F2N2O2/c24-19-10-4-17(5-11-19)8-14-22(28)26-21-3-1-2-16-27(21)23(29)15-9-18-6-12-20(25)13-7-18/h1-16H/b14-8+,15-9+,26-21?. The van der Waals surface area contributed by atoms with Gasteiger partial charge in [-0.05, 0) is 59.7 Å². The molecule has 0 atom stereocenters. The number of carbonyl (C=O) groups is 2. The average Bonchev–Trinajstić information content (AvgIpc) is 2.73. The SMILES string of the molecule is O=C(/C=C/c1ccc(F)cc1)N=c1ccccn1C(=O)/C=C/c1ccc(F)cc1. The van der Waals surface area contributed by atoms with Crippen LogP contribution in [0.2, 0.25) is 0 Å². The molecule has 0 spiro atoms. The lowest BCUT2D eigenvalue weighted by molar-refractivity contribution is -0.113. The summed E-state index contributed by atoms with van der Waals surface area (Å²) in [4.78, 5) is 28.5. The van der Waals surface area contributed by atoms with Crippen molar-refractivity contribution in [2.24, 2.45) is 4.99 Å². The van der Waals surface area contributed by atoms with Gasteiger partial charge < -0.3 is 0 Å². The van der Waals surface area contributed by atoms with E-state index in [1.54, 1.807) is 30.3 Å². The Morgan fingerprint density at radius 1 is 0.759 bits per heavy atom. The fourth-order valence-electron chi connectivity index (χ4n) is 2.42. The molecule has 0 aliphatic carbocycles. The van der Waals surface area contributed by atoms with Crippen molar-refractivity contribution >= 4 is 24.0 Å². The topological polar surface area (TPSA) is 51.4 Å². The number of amides is 1. The van der Waals surface area contributed by atoms with E-state index in [0.29, 0.717) is 11.1 Å². The van der Waals surface area contributed by atoms with E-state index < -0.39 is 11.8 Å². The lowest BCUT2D eigenvalue weighted by Gasteiger charge is -2.02. The van der Waals surface area contributed by atoms with Gasteiger partial charge in [-0.3, -0.25) is 14.2 Å². The van der Waals surface area contributed by atoms with Gasteiger partial charge >= 0.3 is 0 Å². The molecule has 0 radical (unpaired) electrons. The molecule has 1 aromatic heterocycles. The van der Waals surface area contributed by atoms with Gasteiger partial charge in [-0.15, -0.1) is 0 Å². The zero-order valence-corrected chi connectivity index (χ0v) is 15.2. The molecule has 0 fully saturated rings. The number of pyridine rings is 1. The summed E-state index contributed by atoms with van der Waals surface area (Å²) >= 11 is 0. The third-order valence-corrected chi connectivity index (χ3v) is 3.88. The van der Waals surface area contributed by atoms with Gasteiger partial charge in [-0.25, -0.2) is 8.78 Å². The first-order valence-corrected chi connectivity index (χ1v) is 8.69. The smallest absolute Gasteiger partial charge is 0.269 e. The molecular formula is C23H16F2N2O2. The van der Waals surface area contributed by atoms with Crippen molar-refractivity contribution in [3.05, 3.63) is 113 Å². The molecule has 1 amide bonds. The highest BCUT2D eigenvalue weighted by Gasteiger charge is 2.02. The summed E-state index contributed by atoms with van der Waals surface area (Å²) in [5.41, 5.74) is 1.47. The predicted molar refractivity (Wildman–Crippen MR) is 106 cm³/mol. The summed E-state index contributed by atoms with van der Waals surface area (Å²) in [7, 11) is 0. The molecule has 144 valence electrons. The highest BCUT2D eigenvalue weighted by Crippen LogP contribution is 2.05. The van der Waals surface area contributed by atoms with Gasteiger partial charge in [0.15, 0.2) is 0 Å². The Morgan fingerprint density at radius 3 is 1.90 bits per heavy atom. The second-order valence-electron chi connectivity index (χ2n) is 5.99. The maximum atomic E-state index is 13.0. The molecule has 29 heavy (non-hydrogen) atoms. The summed E-state index contributed by atoms with van der Waals surface area (Å²) in [6, 6.07) is 16.2. The molecule has 3 rings (SSSR count). The third-order valence-electron chi connectivity index (χ3n) is 3.88. The van der Waals surface area contributed by atoms with Crippen molar-refractivity contribution in [3.8, 4) is 0 Å². The third kappa shape index (κ3) is 5.77. The number of nitrogens with zero attached hydrogens (tertiary/aromatic N) is 2. The number of hydrogen-bond acceptors (Lipinski definition) is 2. The van der Waals surface area contributed by atoms with Crippen LogP contribution in [0.1, 0.15) is 15.9 Å². The average molecular weight is 390 g/mol. The van der Waals surface area contributed by atoms with Crippen LogP contribution in [-0.4, -0.2) is 16.4 Å². The zero-order valence-electron chi connectivity index (χ0n) is 15.2. The number of halogens is 2. The van der Waals surface area contributed by atoms with Gasteiger partial charge in [0.25, 0.3) is 11.8 Å². The lowest BCUT2D eigenvalue weighted by atomic mass is 10.2. The molecule has 0 aliphatic rings. The van der Waals surface area contributed by atoms with E-state index in [2.05, 4.69) is 4.99 Å². The molecule has 0 unspecified atom stereocenters. The molecule has 0 aliphatic heterocycles. The first kappa shape index (κ1) is 19.8. The predicted octanol–water partition coefficient (Wildman–Crippen LogP) is 4.26. The van der Waals surface area contributed by atoms with E-state index in [4.69, 9.17) is 0 Å². The first-order chi connectivity index (χ1) is 14.0. The Balaban J connectivity index is 1.80. The summed E-state index contributed by atoms with van der Waals surface area (Å²) in [5, 5.41) is 0. The highest BCUT2D eigenvalue weighted by molar-refractivity contribution is 5.94. The van der Waals surface area contributed by atoms with Crippen LogP contribution >= 0.6 is 0 Å². The monoisotopic (exact) mass is 390 g/mol. The molecule has 0 saturated heterocycles. The van der Waals surface area contributed by atoms with E-state index in [9.17, 15) is 18.4 Å². The Hall–Kier alpha value is -3.93. The molecule has 1 heterocycles. The van der Waals surface area contributed by atoms with E-state index in [0.717, 1.165) is 0 Å². The van der Waals surface area contributed by atoms with Crippen LogP contribution in [0.3, 0.4) is 0 Å². The number of carbonyl (C=O) groups excluding carboxylic acids is 2. The van der Waals surface area contributed by atoms with Crippen molar-refractivity contribution < 1.29 is 18.4 Å². The van der Waals surface area contributed by atoms with Gasteiger partial charge in [-0.1, -0.05) is 30.3 Å². The Kier molecular flexibility index (Phi) is 6.37. The summed E-state index contributed by atoms with van der Waals surface area (Å²) in [6.07, 6.45) is 7.10. The van der Waals surface area contributed by atoms with Gasteiger partial charge in [0.1, 0.15) is 17.1 Å². The molecular weight excluding hydrogens is 374 g/mol. The van der Waals surface area contributed by atoms with Gasteiger partial charge in [0, 0.05) is 18.3 Å². The highest BCUT2D eigenvalue weighted by atomic mass is 19.1. The minimum Gasteiger partial charge on any atom is -0.269 e. The van der Waals surface area contributed by atoms with E-state index in [1.165, 1.54) is 71.5 Å². The van der Waals surface area contributed by atoms with Crippen molar-refractivity contribution in [1.82, 2.24) is 4.57 Å². The van der Waals surface area contributed by atoms with Crippen LogP contribution in [0.4, 0.5) is 8.78 Å². The Bertz CT molecular complexity index is 1140. The van der Waals surface area contributed by atoms with Crippen LogP contribution in [0.15, 0.2) is 90.1 Å². The maximum Gasteiger partial charge on any atom is 0.271 e. The number of allylic oxidation sites excluding steroid dienone is 1. The Morgan fingerprint density at radius 2 is 1.31 bits per heavy atom. The molecule has 0 saturated carbocycles. The van der Waals surface area contributed by atoms with Crippen molar-refractivity contribution in [1.29, 1.82) is 0 Å². The van der Waals surface area contributed by atoms with Crippen LogP contribution in [0, 0.1) is 11.6 Å². The molecule has 3 aromatic rings. The van der Waals surface area contributed by atoms with E-state index in [1.807, 2.05) is 0 Å². The second kappa shape index (κ2) is 9.32. The lowest BCUT2D eigenvalue weighted by Crippen LogP contribution is -2.26. The number of rotatable bonds is 4. The second-order valence-corrected chi connectivity index (χ2v) is 5.99. The zero-order chi connectivity index (χ0) is 20.6. The first-order valence-electron chi connectivity index (χ1n) is 8.69. The van der Waals surface area contributed by atoms with Crippen molar-refractivity contribution in [3.63, 3.8) is 0 Å². The van der Waals surface area contributed by atoms with E-state index >= 15 is 0 Å². The molecule has 6 heteroatoms. The van der Waals surface area contributed by atoms with Crippen molar-refractivity contribution in [2.45, 2.75) is 0 Å². The van der Waals surface area contributed by atoms with Crippen LogP contribution in [-0.2, 0) is 4.79 Å². The maximum absolute atomic E-state index is 13.0.